The molecule has 2 nitrogen and oxygen atoms in total. The second-order valence-electron chi connectivity index (χ2n) is 3.52. The van der Waals surface area contributed by atoms with Crippen LogP contribution >= 0.6 is 0 Å². The Labute approximate surface area is 74.5 Å². The minimum Gasteiger partial charge on any atom is -0.348 e. The summed E-state index contributed by atoms with van der Waals surface area (Å²) in [6, 6.07) is 0. The van der Waals surface area contributed by atoms with Crippen LogP contribution < -0.4 is 5.32 Å². The maximum Gasteiger partial charge on any atom is 0.471 e. The average molecular weight is 195 g/mol. The van der Waals surface area contributed by atoms with Crippen molar-refractivity contribution in [2.24, 2.45) is 11.8 Å². The molecule has 0 aromatic rings. The highest BCUT2D eigenvalue weighted by Gasteiger charge is 2.39. The van der Waals surface area contributed by atoms with Gasteiger partial charge in [-0.3, -0.25) is 4.79 Å². The third kappa shape index (κ3) is 3.24. The molecule has 0 aromatic heterocycles. The van der Waals surface area contributed by atoms with E-state index < -0.39 is 12.1 Å². The van der Waals surface area contributed by atoms with Crippen molar-refractivity contribution < 1.29 is 18.0 Å². The van der Waals surface area contributed by atoms with Gasteiger partial charge in [-0.1, -0.05) is 6.92 Å². The molecule has 5 heteroatoms. The lowest BCUT2D eigenvalue weighted by Crippen LogP contribution is -2.39. The van der Waals surface area contributed by atoms with E-state index in [-0.39, 0.29) is 12.5 Å². The minimum absolute atomic E-state index is 0.128. The van der Waals surface area contributed by atoms with E-state index in [1.807, 2.05) is 12.2 Å². The molecule has 0 bridgehead atoms. The number of hydrogen-bond acceptors (Lipinski definition) is 1. The second kappa shape index (κ2) is 3.55. The molecule has 1 aliphatic rings. The molecule has 0 aromatic carbocycles. The maximum atomic E-state index is 11.7. The standard InChI is InChI=1S/C8H12F3NO/c1-5(6-2-3-6)4-12-7(13)8(9,10)11/h5-6H,2-4H2,1H3,(H,12,13). The van der Waals surface area contributed by atoms with Crippen molar-refractivity contribution in [2.75, 3.05) is 6.54 Å². The first-order chi connectivity index (χ1) is 5.91. The van der Waals surface area contributed by atoms with Crippen LogP contribution in [-0.2, 0) is 4.79 Å². The molecule has 1 saturated carbocycles. The number of nitrogens with one attached hydrogen (secondary N) is 1. The van der Waals surface area contributed by atoms with E-state index in [4.69, 9.17) is 0 Å². The summed E-state index contributed by atoms with van der Waals surface area (Å²) in [7, 11) is 0. The van der Waals surface area contributed by atoms with Gasteiger partial charge in [0.1, 0.15) is 0 Å². The highest BCUT2D eigenvalue weighted by Crippen LogP contribution is 2.36. The summed E-state index contributed by atoms with van der Waals surface area (Å²) in [6.07, 6.45) is -2.60. The van der Waals surface area contributed by atoms with Crippen molar-refractivity contribution >= 4 is 5.91 Å². The normalized spacial score (nSPS) is 19.7. The number of amides is 1. The Morgan fingerprint density at radius 3 is 2.46 bits per heavy atom. The summed E-state index contributed by atoms with van der Waals surface area (Å²) in [5.41, 5.74) is 0. The van der Waals surface area contributed by atoms with Crippen LogP contribution in [0.5, 0.6) is 0 Å². The molecular weight excluding hydrogens is 183 g/mol. The molecule has 0 heterocycles. The average Bonchev–Trinajstić information content (AvgIpc) is 2.79. The molecule has 0 spiro atoms. The molecular formula is C8H12F3NO. The van der Waals surface area contributed by atoms with Crippen molar-refractivity contribution in [1.29, 1.82) is 0 Å². The lowest BCUT2D eigenvalue weighted by Gasteiger charge is -2.12. The number of rotatable bonds is 3. The fourth-order valence-electron chi connectivity index (χ4n) is 1.19. The fraction of sp³-hybridized carbons (Fsp3) is 0.875. The monoisotopic (exact) mass is 195 g/mol. The van der Waals surface area contributed by atoms with Crippen LogP contribution in [0.4, 0.5) is 13.2 Å². The first kappa shape index (κ1) is 10.3. The molecule has 1 rings (SSSR count). The van der Waals surface area contributed by atoms with Crippen LogP contribution in [0.2, 0.25) is 0 Å². The van der Waals surface area contributed by atoms with Gasteiger partial charge in [-0.05, 0) is 24.7 Å². The van der Waals surface area contributed by atoms with Gasteiger partial charge in [-0.2, -0.15) is 13.2 Å². The van der Waals surface area contributed by atoms with Gasteiger partial charge >= 0.3 is 12.1 Å². The van der Waals surface area contributed by atoms with Gasteiger partial charge in [0.2, 0.25) is 0 Å². The van der Waals surface area contributed by atoms with Crippen LogP contribution in [0.3, 0.4) is 0 Å². The Bertz CT molecular complexity index is 198. The summed E-state index contributed by atoms with van der Waals surface area (Å²) >= 11 is 0. The highest BCUT2D eigenvalue weighted by atomic mass is 19.4. The van der Waals surface area contributed by atoms with Crippen molar-refractivity contribution in [2.45, 2.75) is 25.9 Å². The molecule has 13 heavy (non-hydrogen) atoms. The van der Waals surface area contributed by atoms with E-state index in [1.54, 1.807) is 0 Å². The Morgan fingerprint density at radius 1 is 1.54 bits per heavy atom. The van der Waals surface area contributed by atoms with Crippen molar-refractivity contribution in [1.82, 2.24) is 5.32 Å². The van der Waals surface area contributed by atoms with Crippen molar-refractivity contribution in [3.05, 3.63) is 0 Å². The van der Waals surface area contributed by atoms with E-state index in [1.165, 1.54) is 0 Å². The highest BCUT2D eigenvalue weighted by molar-refractivity contribution is 5.81. The predicted octanol–water partition coefficient (Wildman–Crippen LogP) is 1.71. The third-order valence-corrected chi connectivity index (χ3v) is 2.27. The zero-order valence-corrected chi connectivity index (χ0v) is 7.32. The molecule has 1 unspecified atom stereocenters. The summed E-state index contributed by atoms with van der Waals surface area (Å²) in [4.78, 5) is 10.4. The second-order valence-corrected chi connectivity index (χ2v) is 3.52. The number of hydrogen-bond donors (Lipinski definition) is 1. The Morgan fingerprint density at radius 2 is 2.08 bits per heavy atom. The van der Waals surface area contributed by atoms with E-state index in [9.17, 15) is 18.0 Å². The molecule has 1 fully saturated rings. The Hall–Kier alpha value is -0.740. The van der Waals surface area contributed by atoms with Gasteiger partial charge < -0.3 is 5.32 Å². The van der Waals surface area contributed by atoms with Gasteiger partial charge in [-0.15, -0.1) is 0 Å². The summed E-state index contributed by atoms with van der Waals surface area (Å²) in [5.74, 6) is -1.17. The molecule has 1 atom stereocenters. The maximum absolute atomic E-state index is 11.7. The lowest BCUT2D eigenvalue weighted by atomic mass is 10.1. The molecule has 1 aliphatic carbocycles. The van der Waals surface area contributed by atoms with Gasteiger partial charge in [-0.25, -0.2) is 0 Å². The third-order valence-electron chi connectivity index (χ3n) is 2.27. The first-order valence-corrected chi connectivity index (χ1v) is 4.26. The number of carbonyl (C=O) groups is 1. The fourth-order valence-corrected chi connectivity index (χ4v) is 1.19. The minimum atomic E-state index is -4.75. The van der Waals surface area contributed by atoms with Crippen LogP contribution in [0.1, 0.15) is 19.8 Å². The van der Waals surface area contributed by atoms with Crippen LogP contribution in [0.15, 0.2) is 0 Å². The molecule has 0 saturated heterocycles. The zero-order valence-electron chi connectivity index (χ0n) is 7.32. The Balaban J connectivity index is 2.21. The molecule has 0 radical (unpaired) electrons. The molecule has 1 amide bonds. The van der Waals surface area contributed by atoms with Crippen LogP contribution in [-0.4, -0.2) is 18.6 Å². The molecule has 76 valence electrons. The summed E-state index contributed by atoms with van der Waals surface area (Å²) < 4.78 is 35.1. The van der Waals surface area contributed by atoms with E-state index >= 15 is 0 Å². The quantitative estimate of drug-likeness (QED) is 0.729. The largest absolute Gasteiger partial charge is 0.471 e. The first-order valence-electron chi connectivity index (χ1n) is 4.26. The number of halogens is 3. The lowest BCUT2D eigenvalue weighted by molar-refractivity contribution is -0.173. The summed E-state index contributed by atoms with van der Waals surface area (Å²) in [5, 5.41) is 1.88. The van der Waals surface area contributed by atoms with Crippen molar-refractivity contribution in [3.8, 4) is 0 Å². The van der Waals surface area contributed by atoms with Gasteiger partial charge in [0.15, 0.2) is 0 Å². The van der Waals surface area contributed by atoms with E-state index in [0.717, 1.165) is 12.8 Å². The van der Waals surface area contributed by atoms with Crippen LogP contribution in [0, 0.1) is 11.8 Å². The predicted molar refractivity (Wildman–Crippen MR) is 41.0 cm³/mol. The molecule has 0 aliphatic heterocycles. The van der Waals surface area contributed by atoms with Crippen molar-refractivity contribution in [3.63, 3.8) is 0 Å². The number of alkyl halides is 3. The zero-order chi connectivity index (χ0) is 10.1. The topological polar surface area (TPSA) is 29.1 Å². The Kier molecular flexibility index (Phi) is 2.83. The van der Waals surface area contributed by atoms with Gasteiger partial charge in [0.25, 0.3) is 0 Å². The van der Waals surface area contributed by atoms with Gasteiger partial charge in [0, 0.05) is 6.54 Å². The van der Waals surface area contributed by atoms with Gasteiger partial charge in [0.05, 0.1) is 0 Å². The van der Waals surface area contributed by atoms with Crippen LogP contribution in [0.25, 0.3) is 0 Å². The smallest absolute Gasteiger partial charge is 0.348 e. The molecule has 1 N–H and O–H groups in total. The SMILES string of the molecule is CC(CNC(=O)C(F)(F)F)C1CC1. The summed E-state index contributed by atoms with van der Waals surface area (Å²) in [6.45, 7) is 1.98. The van der Waals surface area contributed by atoms with E-state index in [2.05, 4.69) is 0 Å². The number of carbonyl (C=O) groups excluding carboxylic acids is 1. The van der Waals surface area contributed by atoms with E-state index in [0.29, 0.717) is 5.92 Å².